The van der Waals surface area contributed by atoms with Crippen LogP contribution in [0.15, 0.2) is 6.20 Å². The van der Waals surface area contributed by atoms with E-state index in [1.54, 1.807) is 7.11 Å². The molecule has 108 valence electrons. The van der Waals surface area contributed by atoms with Gasteiger partial charge in [0.05, 0.1) is 18.3 Å². The van der Waals surface area contributed by atoms with E-state index < -0.39 is 0 Å². The smallest absolute Gasteiger partial charge is 0.206 e. The molecule has 2 N–H and O–H groups in total. The van der Waals surface area contributed by atoms with Crippen molar-refractivity contribution < 1.29 is 4.74 Å². The van der Waals surface area contributed by atoms with E-state index in [9.17, 15) is 0 Å². The normalized spacial score (nSPS) is 25.6. The van der Waals surface area contributed by atoms with Gasteiger partial charge in [-0.3, -0.25) is 0 Å². The number of imidazole rings is 1. The highest BCUT2D eigenvalue weighted by Gasteiger charge is 2.26. The summed E-state index contributed by atoms with van der Waals surface area (Å²) in [5.41, 5.74) is 7.15. The summed E-state index contributed by atoms with van der Waals surface area (Å²) in [4.78, 5) is 7.04. The van der Waals surface area contributed by atoms with E-state index in [1.165, 1.54) is 0 Å². The summed E-state index contributed by atoms with van der Waals surface area (Å²) < 4.78 is 7.49. The topological polar surface area (TPSA) is 56.3 Å². The fraction of sp³-hybridized carbons (Fsp3) is 0.786. The molecule has 1 fully saturated rings. The number of ether oxygens (including phenoxy) is 1. The molecule has 0 spiro atoms. The molecule has 0 saturated carbocycles. The lowest BCUT2D eigenvalue weighted by Crippen LogP contribution is -2.47. The molecule has 5 nitrogen and oxygen atoms in total. The highest BCUT2D eigenvalue weighted by molar-refractivity contribution is 5.35. The van der Waals surface area contributed by atoms with Crippen molar-refractivity contribution >= 4 is 5.95 Å². The van der Waals surface area contributed by atoms with Crippen LogP contribution in [-0.2, 0) is 4.74 Å². The monoisotopic (exact) mass is 266 g/mol. The van der Waals surface area contributed by atoms with Gasteiger partial charge in [0.15, 0.2) is 0 Å². The van der Waals surface area contributed by atoms with Crippen LogP contribution in [0.4, 0.5) is 5.95 Å². The van der Waals surface area contributed by atoms with Gasteiger partial charge in [-0.2, -0.15) is 0 Å². The number of rotatable bonds is 4. The van der Waals surface area contributed by atoms with E-state index in [4.69, 9.17) is 10.5 Å². The molecular formula is C14H26N4O. The van der Waals surface area contributed by atoms with Crippen molar-refractivity contribution in [1.29, 1.82) is 0 Å². The second kappa shape index (κ2) is 5.92. The summed E-state index contributed by atoms with van der Waals surface area (Å²) in [5.74, 6) is 1.57. The van der Waals surface area contributed by atoms with E-state index in [0.717, 1.165) is 31.2 Å². The Hall–Kier alpha value is -1.07. The molecule has 1 aromatic heterocycles. The number of anilines is 1. The molecule has 0 aliphatic carbocycles. The zero-order valence-electron chi connectivity index (χ0n) is 12.5. The maximum absolute atomic E-state index is 6.10. The van der Waals surface area contributed by atoms with Gasteiger partial charge in [0.2, 0.25) is 5.95 Å². The minimum atomic E-state index is 0.298. The van der Waals surface area contributed by atoms with Crippen LogP contribution in [0.1, 0.15) is 32.0 Å². The van der Waals surface area contributed by atoms with E-state index in [0.29, 0.717) is 24.6 Å². The van der Waals surface area contributed by atoms with Gasteiger partial charge in [-0.1, -0.05) is 6.92 Å². The molecule has 0 amide bonds. The molecule has 5 heteroatoms. The lowest BCUT2D eigenvalue weighted by molar-refractivity contribution is 0.162. The minimum absolute atomic E-state index is 0.298. The zero-order chi connectivity index (χ0) is 14.0. The summed E-state index contributed by atoms with van der Waals surface area (Å²) in [7, 11) is 1.74. The van der Waals surface area contributed by atoms with Crippen molar-refractivity contribution in [3.63, 3.8) is 0 Å². The zero-order valence-corrected chi connectivity index (χ0v) is 12.5. The van der Waals surface area contributed by atoms with Crippen molar-refractivity contribution in [1.82, 2.24) is 9.55 Å². The Morgan fingerprint density at radius 3 is 2.95 bits per heavy atom. The molecule has 19 heavy (non-hydrogen) atoms. The Balaban J connectivity index is 2.19. The van der Waals surface area contributed by atoms with Gasteiger partial charge in [-0.15, -0.1) is 0 Å². The summed E-state index contributed by atoms with van der Waals surface area (Å²) in [6, 6.07) is 0.615. The highest BCUT2D eigenvalue weighted by atomic mass is 16.5. The molecule has 3 unspecified atom stereocenters. The van der Waals surface area contributed by atoms with Gasteiger partial charge in [0, 0.05) is 32.4 Å². The first-order valence-electron chi connectivity index (χ1n) is 7.07. The van der Waals surface area contributed by atoms with Crippen molar-refractivity contribution in [2.24, 2.45) is 11.7 Å². The highest BCUT2D eigenvalue weighted by Crippen LogP contribution is 2.25. The summed E-state index contributed by atoms with van der Waals surface area (Å²) >= 11 is 0. The first-order chi connectivity index (χ1) is 9.02. The van der Waals surface area contributed by atoms with Gasteiger partial charge < -0.3 is 19.9 Å². The predicted molar refractivity (Wildman–Crippen MR) is 77.5 cm³/mol. The third-order valence-electron chi connectivity index (χ3n) is 3.97. The van der Waals surface area contributed by atoms with Crippen LogP contribution >= 0.6 is 0 Å². The number of aromatic nitrogens is 2. The first kappa shape index (κ1) is 14.3. The van der Waals surface area contributed by atoms with Crippen molar-refractivity contribution in [3.05, 3.63) is 11.9 Å². The van der Waals surface area contributed by atoms with Crippen LogP contribution < -0.4 is 10.6 Å². The van der Waals surface area contributed by atoms with Crippen LogP contribution in [0.2, 0.25) is 0 Å². The lowest BCUT2D eigenvalue weighted by Gasteiger charge is -2.36. The fourth-order valence-electron chi connectivity index (χ4n) is 2.73. The van der Waals surface area contributed by atoms with Gasteiger partial charge >= 0.3 is 0 Å². The van der Waals surface area contributed by atoms with Crippen molar-refractivity contribution in [3.8, 4) is 0 Å². The molecule has 1 saturated heterocycles. The van der Waals surface area contributed by atoms with E-state index in [1.807, 2.05) is 6.92 Å². The molecule has 0 aromatic carbocycles. The number of hydrogen-bond donors (Lipinski definition) is 1. The molecule has 3 atom stereocenters. The van der Waals surface area contributed by atoms with Crippen molar-refractivity contribution in [2.75, 3.05) is 31.7 Å². The van der Waals surface area contributed by atoms with Crippen LogP contribution in [-0.4, -0.2) is 42.4 Å². The molecule has 1 aliphatic heterocycles. The van der Waals surface area contributed by atoms with Gasteiger partial charge in [-0.25, -0.2) is 4.98 Å². The van der Waals surface area contributed by atoms with Gasteiger partial charge in [0.1, 0.15) is 0 Å². The summed E-state index contributed by atoms with van der Waals surface area (Å²) in [6.07, 6.45) is 3.14. The molecule has 1 aliphatic rings. The van der Waals surface area contributed by atoms with E-state index in [2.05, 4.69) is 34.5 Å². The molecule has 0 bridgehead atoms. The second-order valence-corrected chi connectivity index (χ2v) is 5.77. The Kier molecular flexibility index (Phi) is 4.47. The number of nitrogens with two attached hydrogens (primary N) is 1. The average Bonchev–Trinajstić information content (AvgIpc) is 2.75. The number of piperidine rings is 1. The lowest BCUT2D eigenvalue weighted by atomic mass is 9.95. The third-order valence-corrected chi connectivity index (χ3v) is 3.97. The number of nitrogens with zero attached hydrogens (tertiary/aromatic N) is 3. The quantitative estimate of drug-likeness (QED) is 0.899. The number of hydrogen-bond acceptors (Lipinski definition) is 4. The first-order valence-corrected chi connectivity index (χ1v) is 7.07. The van der Waals surface area contributed by atoms with Crippen LogP contribution in [0, 0.1) is 12.8 Å². The molecule has 2 heterocycles. The van der Waals surface area contributed by atoms with Crippen LogP contribution in [0.5, 0.6) is 0 Å². The SMILES string of the molecule is COCC(C)n1cc(C)nc1N1CCC(N)C(C)C1. The van der Waals surface area contributed by atoms with Crippen LogP contribution in [0.3, 0.4) is 0 Å². The number of aryl methyl sites for hydroxylation is 1. The minimum Gasteiger partial charge on any atom is -0.383 e. The Morgan fingerprint density at radius 2 is 2.32 bits per heavy atom. The Bertz CT molecular complexity index is 418. The second-order valence-electron chi connectivity index (χ2n) is 5.77. The van der Waals surface area contributed by atoms with Gasteiger partial charge in [-0.05, 0) is 26.2 Å². The van der Waals surface area contributed by atoms with E-state index >= 15 is 0 Å². The number of methoxy groups -OCH3 is 1. The third kappa shape index (κ3) is 3.09. The molecular weight excluding hydrogens is 240 g/mol. The molecule has 2 rings (SSSR count). The standard InChI is InChI=1S/C14H26N4O/c1-10-7-17(6-5-13(10)15)14-16-11(2)8-18(14)12(3)9-19-4/h8,10,12-13H,5-7,9,15H2,1-4H3. The summed E-state index contributed by atoms with van der Waals surface area (Å²) in [6.45, 7) is 9.09. The maximum Gasteiger partial charge on any atom is 0.206 e. The van der Waals surface area contributed by atoms with Crippen LogP contribution in [0.25, 0.3) is 0 Å². The summed E-state index contributed by atoms with van der Waals surface area (Å²) in [5, 5.41) is 0. The van der Waals surface area contributed by atoms with Crippen molar-refractivity contribution in [2.45, 2.75) is 39.3 Å². The Labute approximate surface area is 115 Å². The average molecular weight is 266 g/mol. The maximum atomic E-state index is 6.10. The molecule has 1 aromatic rings. The van der Waals surface area contributed by atoms with Gasteiger partial charge in [0.25, 0.3) is 0 Å². The largest absolute Gasteiger partial charge is 0.383 e. The fourth-order valence-corrected chi connectivity index (χ4v) is 2.73. The van der Waals surface area contributed by atoms with E-state index in [-0.39, 0.29) is 0 Å². The molecule has 0 radical (unpaired) electrons. The predicted octanol–water partition coefficient (Wildman–Crippen LogP) is 1.57. The Morgan fingerprint density at radius 1 is 1.58 bits per heavy atom.